The lowest BCUT2D eigenvalue weighted by Gasteiger charge is -2.02. The van der Waals surface area contributed by atoms with E-state index in [1.165, 1.54) is 0 Å². The molecule has 0 bridgehead atoms. The van der Waals surface area contributed by atoms with Crippen LogP contribution in [-0.4, -0.2) is 10.9 Å². The van der Waals surface area contributed by atoms with E-state index in [9.17, 15) is 4.79 Å². The van der Waals surface area contributed by atoms with Gasteiger partial charge in [0, 0.05) is 12.0 Å². The molecule has 78 valence electrons. The quantitative estimate of drug-likeness (QED) is 0.749. The number of hydrogen-bond donors (Lipinski definition) is 2. The van der Waals surface area contributed by atoms with Crippen LogP contribution >= 0.6 is 12.2 Å². The maximum atomic E-state index is 10.5. The van der Waals surface area contributed by atoms with Gasteiger partial charge in [-0.15, -0.1) is 0 Å². The third kappa shape index (κ3) is 3.52. The van der Waals surface area contributed by atoms with Crippen molar-refractivity contribution in [2.45, 2.75) is 6.42 Å². The van der Waals surface area contributed by atoms with E-state index in [1.54, 1.807) is 12.2 Å². The number of carbonyl (C=O) groups excluding carboxylic acids is 1. The Morgan fingerprint density at radius 3 is 2.60 bits per heavy atom. The minimum atomic E-state index is -0.362. The number of carbonyl (C=O) groups is 1. The first-order chi connectivity index (χ1) is 7.11. The van der Waals surface area contributed by atoms with E-state index in [0.717, 1.165) is 11.1 Å². The summed E-state index contributed by atoms with van der Waals surface area (Å²) in [4.78, 5) is 10.9. The summed E-state index contributed by atoms with van der Waals surface area (Å²) < 4.78 is 0. The lowest BCUT2D eigenvalue weighted by molar-refractivity contribution is -0.117. The van der Waals surface area contributed by atoms with Crippen LogP contribution in [0.1, 0.15) is 17.5 Å². The molecule has 3 nitrogen and oxygen atoms in total. The highest BCUT2D eigenvalue weighted by Gasteiger charge is 2.00. The smallest absolute Gasteiger partial charge is 0.221 e. The van der Waals surface area contributed by atoms with Gasteiger partial charge in [-0.25, -0.2) is 0 Å². The summed E-state index contributed by atoms with van der Waals surface area (Å²) in [6.45, 7) is 0. The molecule has 4 N–H and O–H groups in total. The molecule has 0 aliphatic rings. The standard InChI is InChI=1S/C11H12N2OS/c12-10(14)7-3-5-8-4-1-2-6-9(8)11(13)15/h1-6H,7H2,(H2,12,14)(H2,13,15). The predicted molar refractivity (Wildman–Crippen MR) is 65.2 cm³/mol. The number of benzene rings is 1. The van der Waals surface area contributed by atoms with Gasteiger partial charge in [0.05, 0.1) is 0 Å². The van der Waals surface area contributed by atoms with Gasteiger partial charge in [0.25, 0.3) is 0 Å². The highest BCUT2D eigenvalue weighted by molar-refractivity contribution is 7.80. The van der Waals surface area contributed by atoms with Gasteiger partial charge in [0.15, 0.2) is 0 Å². The number of nitrogens with two attached hydrogens (primary N) is 2. The molecule has 15 heavy (non-hydrogen) atoms. The molecule has 0 heterocycles. The Kier molecular flexibility index (Phi) is 4.00. The van der Waals surface area contributed by atoms with E-state index >= 15 is 0 Å². The highest BCUT2D eigenvalue weighted by atomic mass is 32.1. The molecule has 4 heteroatoms. The largest absolute Gasteiger partial charge is 0.389 e. The van der Waals surface area contributed by atoms with E-state index in [-0.39, 0.29) is 12.3 Å². The first kappa shape index (κ1) is 11.4. The summed E-state index contributed by atoms with van der Waals surface area (Å²) in [7, 11) is 0. The fourth-order valence-electron chi connectivity index (χ4n) is 1.17. The molecule has 0 fully saturated rings. The molecule has 0 aliphatic carbocycles. The SMILES string of the molecule is NC(=O)CC=Cc1ccccc1C(N)=S. The first-order valence-electron chi connectivity index (χ1n) is 4.45. The van der Waals surface area contributed by atoms with Crippen molar-refractivity contribution in [2.24, 2.45) is 11.5 Å². The van der Waals surface area contributed by atoms with E-state index < -0.39 is 0 Å². The molecule has 0 unspecified atom stereocenters. The zero-order valence-electron chi connectivity index (χ0n) is 8.14. The van der Waals surface area contributed by atoms with Gasteiger partial charge >= 0.3 is 0 Å². The number of primary amides is 1. The molecular weight excluding hydrogens is 208 g/mol. The molecule has 1 aromatic carbocycles. The predicted octanol–water partition coefficient (Wildman–Crippen LogP) is 1.21. The van der Waals surface area contributed by atoms with Crippen LogP contribution in [-0.2, 0) is 4.79 Å². The number of thiocarbonyl (C=S) groups is 1. The molecular formula is C11H12N2OS. The Balaban J connectivity index is 2.89. The van der Waals surface area contributed by atoms with Gasteiger partial charge in [0.1, 0.15) is 4.99 Å². The molecule has 0 aromatic heterocycles. The van der Waals surface area contributed by atoms with E-state index in [1.807, 2.05) is 24.3 Å². The second kappa shape index (κ2) is 5.26. The third-order valence-corrected chi connectivity index (χ3v) is 2.06. The van der Waals surface area contributed by atoms with Crippen LogP contribution in [0.25, 0.3) is 6.08 Å². The molecule has 0 aliphatic heterocycles. The maximum absolute atomic E-state index is 10.5. The van der Waals surface area contributed by atoms with Gasteiger partial charge in [-0.1, -0.05) is 48.6 Å². The van der Waals surface area contributed by atoms with Crippen LogP contribution in [0.5, 0.6) is 0 Å². The van der Waals surface area contributed by atoms with Crippen molar-refractivity contribution in [3.05, 3.63) is 41.5 Å². The Hall–Kier alpha value is -1.68. The zero-order chi connectivity index (χ0) is 11.3. The minimum absolute atomic E-state index is 0.214. The van der Waals surface area contributed by atoms with Crippen LogP contribution in [0.15, 0.2) is 30.3 Å². The Morgan fingerprint density at radius 1 is 1.33 bits per heavy atom. The monoisotopic (exact) mass is 220 g/mol. The van der Waals surface area contributed by atoms with Crippen molar-refractivity contribution >= 4 is 29.2 Å². The normalized spacial score (nSPS) is 10.4. The van der Waals surface area contributed by atoms with Crippen LogP contribution in [0.3, 0.4) is 0 Å². The molecule has 1 amide bonds. The zero-order valence-corrected chi connectivity index (χ0v) is 8.96. The maximum Gasteiger partial charge on any atom is 0.221 e. The van der Waals surface area contributed by atoms with Crippen LogP contribution in [0.2, 0.25) is 0 Å². The molecule has 0 saturated carbocycles. The van der Waals surface area contributed by atoms with Gasteiger partial charge in [-0.3, -0.25) is 4.79 Å². The first-order valence-corrected chi connectivity index (χ1v) is 4.86. The second-order valence-electron chi connectivity index (χ2n) is 3.02. The number of amides is 1. The summed E-state index contributed by atoms with van der Waals surface area (Å²) in [5.41, 5.74) is 12.3. The van der Waals surface area contributed by atoms with Crippen LogP contribution < -0.4 is 11.5 Å². The Morgan fingerprint density at radius 2 is 2.00 bits per heavy atom. The summed E-state index contributed by atoms with van der Waals surface area (Å²) >= 11 is 4.90. The highest BCUT2D eigenvalue weighted by Crippen LogP contribution is 2.10. The molecule has 1 rings (SSSR count). The average molecular weight is 220 g/mol. The topological polar surface area (TPSA) is 69.1 Å². The van der Waals surface area contributed by atoms with Crippen molar-refractivity contribution in [3.63, 3.8) is 0 Å². The van der Waals surface area contributed by atoms with Gasteiger partial charge < -0.3 is 11.5 Å². The summed E-state index contributed by atoms with van der Waals surface area (Å²) in [5, 5.41) is 0. The van der Waals surface area contributed by atoms with Crippen molar-refractivity contribution in [2.75, 3.05) is 0 Å². The Labute approximate surface area is 93.8 Å². The van der Waals surface area contributed by atoms with Gasteiger partial charge in [0.2, 0.25) is 5.91 Å². The molecule has 0 radical (unpaired) electrons. The Bertz CT molecular complexity index is 413. The lowest BCUT2D eigenvalue weighted by Crippen LogP contribution is -2.11. The minimum Gasteiger partial charge on any atom is -0.389 e. The van der Waals surface area contributed by atoms with E-state index in [2.05, 4.69) is 0 Å². The average Bonchev–Trinajstić information content (AvgIpc) is 2.17. The summed E-state index contributed by atoms with van der Waals surface area (Å²) in [5.74, 6) is -0.362. The second-order valence-corrected chi connectivity index (χ2v) is 3.46. The van der Waals surface area contributed by atoms with Crippen molar-refractivity contribution < 1.29 is 4.79 Å². The van der Waals surface area contributed by atoms with Crippen molar-refractivity contribution in [1.29, 1.82) is 0 Å². The summed E-state index contributed by atoms with van der Waals surface area (Å²) in [6, 6.07) is 7.46. The fraction of sp³-hybridized carbons (Fsp3) is 0.0909. The van der Waals surface area contributed by atoms with E-state index in [0.29, 0.717) is 4.99 Å². The van der Waals surface area contributed by atoms with E-state index in [4.69, 9.17) is 23.7 Å². The molecule has 1 aromatic rings. The molecule has 0 atom stereocenters. The fourth-order valence-corrected chi connectivity index (χ4v) is 1.35. The third-order valence-electron chi connectivity index (χ3n) is 1.84. The number of rotatable bonds is 4. The number of hydrogen-bond acceptors (Lipinski definition) is 2. The van der Waals surface area contributed by atoms with Crippen molar-refractivity contribution in [3.8, 4) is 0 Å². The van der Waals surface area contributed by atoms with Crippen molar-refractivity contribution in [1.82, 2.24) is 0 Å². The van der Waals surface area contributed by atoms with Gasteiger partial charge in [-0.2, -0.15) is 0 Å². The van der Waals surface area contributed by atoms with Crippen LogP contribution in [0, 0.1) is 0 Å². The van der Waals surface area contributed by atoms with Gasteiger partial charge in [-0.05, 0) is 5.56 Å². The summed E-state index contributed by atoms with van der Waals surface area (Å²) in [6.07, 6.45) is 3.70. The molecule has 0 saturated heterocycles. The van der Waals surface area contributed by atoms with Crippen LogP contribution in [0.4, 0.5) is 0 Å². The molecule has 0 spiro atoms. The lowest BCUT2D eigenvalue weighted by atomic mass is 10.1.